The topological polar surface area (TPSA) is 66.5 Å². The lowest BCUT2D eigenvalue weighted by Crippen LogP contribution is -2.52. The lowest BCUT2D eigenvalue weighted by molar-refractivity contribution is -0.126. The molecule has 1 aliphatic heterocycles. The number of carbonyl (C=O) groups is 1. The van der Waals surface area contributed by atoms with E-state index in [0.717, 1.165) is 18.6 Å². The Morgan fingerprint density at radius 2 is 1.82 bits per heavy atom. The van der Waals surface area contributed by atoms with E-state index in [-0.39, 0.29) is 11.4 Å². The molecule has 2 aromatic rings. The molecule has 150 valence electrons. The van der Waals surface area contributed by atoms with E-state index >= 15 is 0 Å². The van der Waals surface area contributed by atoms with Gasteiger partial charge in [0.15, 0.2) is 11.6 Å². The van der Waals surface area contributed by atoms with Gasteiger partial charge < -0.3 is 5.32 Å². The van der Waals surface area contributed by atoms with E-state index in [1.54, 1.807) is 25.1 Å². The first-order chi connectivity index (χ1) is 13.3. The monoisotopic (exact) mass is 408 g/mol. The summed E-state index contributed by atoms with van der Waals surface area (Å²) in [5.74, 6) is -2.41. The van der Waals surface area contributed by atoms with Gasteiger partial charge in [0.1, 0.15) is 6.04 Å². The van der Waals surface area contributed by atoms with Gasteiger partial charge >= 0.3 is 0 Å². The summed E-state index contributed by atoms with van der Waals surface area (Å²) < 4.78 is 53.8. The zero-order valence-corrected chi connectivity index (χ0v) is 16.3. The lowest BCUT2D eigenvalue weighted by Gasteiger charge is -2.34. The van der Waals surface area contributed by atoms with Crippen molar-refractivity contribution in [1.82, 2.24) is 9.62 Å². The van der Waals surface area contributed by atoms with Crippen LogP contribution in [0.4, 0.5) is 8.78 Å². The van der Waals surface area contributed by atoms with Crippen LogP contribution in [0.5, 0.6) is 0 Å². The molecule has 28 heavy (non-hydrogen) atoms. The molecule has 0 aliphatic carbocycles. The van der Waals surface area contributed by atoms with Crippen molar-refractivity contribution in [3.8, 4) is 0 Å². The quantitative estimate of drug-likeness (QED) is 0.825. The van der Waals surface area contributed by atoms with Crippen LogP contribution in [0, 0.1) is 11.6 Å². The summed E-state index contributed by atoms with van der Waals surface area (Å²) in [7, 11) is -3.81. The summed E-state index contributed by atoms with van der Waals surface area (Å²) in [6.45, 7) is 1.90. The predicted molar refractivity (Wildman–Crippen MR) is 101 cm³/mol. The molecule has 2 aromatic carbocycles. The van der Waals surface area contributed by atoms with Crippen molar-refractivity contribution >= 4 is 15.9 Å². The van der Waals surface area contributed by atoms with Crippen molar-refractivity contribution in [3.05, 3.63) is 65.7 Å². The van der Waals surface area contributed by atoms with E-state index in [1.165, 1.54) is 22.5 Å². The van der Waals surface area contributed by atoms with Gasteiger partial charge in [-0.05, 0) is 49.6 Å². The Morgan fingerprint density at radius 3 is 2.50 bits per heavy atom. The van der Waals surface area contributed by atoms with Gasteiger partial charge in [0.25, 0.3) is 0 Å². The second-order valence-corrected chi connectivity index (χ2v) is 8.73. The molecule has 1 N–H and O–H groups in total. The highest BCUT2D eigenvalue weighted by atomic mass is 32.2. The van der Waals surface area contributed by atoms with Crippen LogP contribution in [-0.4, -0.2) is 31.2 Å². The van der Waals surface area contributed by atoms with Crippen molar-refractivity contribution in [2.24, 2.45) is 0 Å². The smallest absolute Gasteiger partial charge is 0.243 e. The minimum atomic E-state index is -3.81. The predicted octanol–water partition coefficient (Wildman–Crippen LogP) is 3.39. The molecule has 0 bridgehead atoms. The Labute approximate surface area is 163 Å². The van der Waals surface area contributed by atoms with E-state index in [2.05, 4.69) is 5.32 Å². The van der Waals surface area contributed by atoms with Crippen molar-refractivity contribution in [1.29, 1.82) is 0 Å². The first-order valence-electron chi connectivity index (χ1n) is 9.13. The molecule has 1 amide bonds. The van der Waals surface area contributed by atoms with Crippen LogP contribution in [0.15, 0.2) is 53.4 Å². The number of hydrogen-bond donors (Lipinski definition) is 1. The van der Waals surface area contributed by atoms with E-state index in [1.807, 2.05) is 0 Å². The number of halogens is 2. The molecule has 1 saturated heterocycles. The van der Waals surface area contributed by atoms with E-state index in [4.69, 9.17) is 0 Å². The van der Waals surface area contributed by atoms with E-state index in [0.29, 0.717) is 18.4 Å². The lowest BCUT2D eigenvalue weighted by atomic mass is 10.0. The molecule has 0 radical (unpaired) electrons. The first-order valence-corrected chi connectivity index (χ1v) is 10.6. The molecule has 3 rings (SSSR count). The molecular formula is C20H22F2N2O3S. The van der Waals surface area contributed by atoms with Gasteiger partial charge in [-0.1, -0.05) is 30.7 Å². The highest BCUT2D eigenvalue weighted by Crippen LogP contribution is 2.26. The molecule has 1 heterocycles. The Bertz CT molecular complexity index is 951. The van der Waals surface area contributed by atoms with Crippen molar-refractivity contribution < 1.29 is 22.0 Å². The third kappa shape index (κ3) is 4.23. The minimum absolute atomic E-state index is 0.142. The van der Waals surface area contributed by atoms with Crippen LogP contribution >= 0.6 is 0 Å². The number of nitrogens with one attached hydrogen (secondary N) is 1. The minimum Gasteiger partial charge on any atom is -0.348 e. The number of piperidine rings is 1. The number of amides is 1. The molecule has 5 nitrogen and oxygen atoms in total. The van der Waals surface area contributed by atoms with E-state index in [9.17, 15) is 22.0 Å². The second-order valence-electron chi connectivity index (χ2n) is 6.84. The zero-order valence-electron chi connectivity index (χ0n) is 15.4. The van der Waals surface area contributed by atoms with Crippen molar-refractivity contribution in [2.75, 3.05) is 6.54 Å². The average Bonchev–Trinajstić information content (AvgIpc) is 2.70. The van der Waals surface area contributed by atoms with Gasteiger partial charge in [-0.25, -0.2) is 17.2 Å². The Balaban J connectivity index is 1.79. The fraction of sp³-hybridized carbons (Fsp3) is 0.350. The van der Waals surface area contributed by atoms with E-state index < -0.39 is 39.6 Å². The van der Waals surface area contributed by atoms with Crippen LogP contribution < -0.4 is 5.32 Å². The van der Waals surface area contributed by atoms with Crippen LogP contribution in [0.3, 0.4) is 0 Å². The summed E-state index contributed by atoms with van der Waals surface area (Å²) in [6, 6.07) is 9.99. The maximum atomic E-state index is 13.5. The van der Waals surface area contributed by atoms with Gasteiger partial charge in [-0.3, -0.25) is 4.79 Å². The summed E-state index contributed by atoms with van der Waals surface area (Å²) in [4.78, 5) is 13.0. The summed E-state index contributed by atoms with van der Waals surface area (Å²) in [5, 5.41) is 2.73. The normalized spacial score (nSPS) is 19.2. The number of benzene rings is 2. The van der Waals surface area contributed by atoms with Crippen LogP contribution in [0.25, 0.3) is 0 Å². The highest BCUT2D eigenvalue weighted by Gasteiger charge is 2.37. The third-order valence-electron chi connectivity index (χ3n) is 4.91. The average molecular weight is 408 g/mol. The van der Waals surface area contributed by atoms with Crippen LogP contribution in [-0.2, 0) is 14.8 Å². The molecule has 0 aromatic heterocycles. The molecular weight excluding hydrogens is 386 g/mol. The summed E-state index contributed by atoms with van der Waals surface area (Å²) in [6.07, 6.45) is 1.81. The molecule has 0 saturated carbocycles. The third-order valence-corrected chi connectivity index (χ3v) is 6.83. The summed E-state index contributed by atoms with van der Waals surface area (Å²) >= 11 is 0. The Kier molecular flexibility index (Phi) is 6.10. The van der Waals surface area contributed by atoms with Crippen molar-refractivity contribution in [2.45, 2.75) is 43.2 Å². The van der Waals surface area contributed by atoms with Gasteiger partial charge in [0.05, 0.1) is 10.9 Å². The molecule has 1 aliphatic rings. The van der Waals surface area contributed by atoms with Crippen LogP contribution in [0.1, 0.15) is 37.8 Å². The largest absolute Gasteiger partial charge is 0.348 e. The number of hydrogen-bond acceptors (Lipinski definition) is 3. The standard InChI is InChI=1S/C20H22F2N2O3S/c1-14(15-10-11-17(21)18(22)13-15)23-20(25)19-9-5-6-12-24(19)28(26,27)16-7-3-2-4-8-16/h2-4,7-8,10-11,13-14,19H,5-6,9,12H2,1H3,(H,23,25)/t14-,19+/m0/s1. The highest BCUT2D eigenvalue weighted by molar-refractivity contribution is 7.89. The van der Waals surface area contributed by atoms with Gasteiger partial charge in [-0.15, -0.1) is 0 Å². The number of nitrogens with zero attached hydrogens (tertiary/aromatic N) is 1. The number of rotatable bonds is 5. The molecule has 8 heteroatoms. The number of carbonyl (C=O) groups excluding carboxylic acids is 1. The maximum absolute atomic E-state index is 13.5. The summed E-state index contributed by atoms with van der Waals surface area (Å²) in [5.41, 5.74) is 0.403. The second kappa shape index (κ2) is 8.36. The van der Waals surface area contributed by atoms with Gasteiger partial charge in [0, 0.05) is 6.54 Å². The molecule has 0 spiro atoms. The van der Waals surface area contributed by atoms with Gasteiger partial charge in [0.2, 0.25) is 15.9 Å². The van der Waals surface area contributed by atoms with Gasteiger partial charge in [-0.2, -0.15) is 4.31 Å². The zero-order chi connectivity index (χ0) is 20.3. The Hall–Kier alpha value is -2.32. The fourth-order valence-electron chi connectivity index (χ4n) is 3.36. The molecule has 0 unspecified atom stereocenters. The van der Waals surface area contributed by atoms with Crippen LogP contribution in [0.2, 0.25) is 0 Å². The van der Waals surface area contributed by atoms with Crippen molar-refractivity contribution in [3.63, 3.8) is 0 Å². The molecule has 2 atom stereocenters. The maximum Gasteiger partial charge on any atom is 0.243 e. The Morgan fingerprint density at radius 1 is 1.11 bits per heavy atom. The first kappa shape index (κ1) is 20.4. The SMILES string of the molecule is C[C@H](NC(=O)[C@H]1CCCCN1S(=O)(=O)c1ccccc1)c1ccc(F)c(F)c1. The number of sulfonamides is 1. The molecule has 1 fully saturated rings. The fourth-order valence-corrected chi connectivity index (χ4v) is 5.03.